The van der Waals surface area contributed by atoms with Crippen LogP contribution in [0.15, 0.2) is 53.9 Å². The van der Waals surface area contributed by atoms with Crippen LogP contribution in [0.3, 0.4) is 0 Å². The molecule has 3 aromatic rings. The second-order valence-electron chi connectivity index (χ2n) is 6.37. The number of benzene rings is 2. The minimum atomic E-state index is -4.46. The number of alkyl halides is 6. The Hall–Kier alpha value is -2.88. The number of amides is 1. The fourth-order valence-corrected chi connectivity index (χ4v) is 3.43. The second kappa shape index (κ2) is 8.47. The highest BCUT2D eigenvalue weighted by Gasteiger charge is 2.31. The Kier molecular flexibility index (Phi) is 6.16. The van der Waals surface area contributed by atoms with Gasteiger partial charge in [-0.05, 0) is 29.8 Å². The van der Waals surface area contributed by atoms with E-state index in [2.05, 4.69) is 10.3 Å². The maximum atomic E-state index is 12.7. The maximum Gasteiger partial charge on any atom is 0.416 e. The van der Waals surface area contributed by atoms with Gasteiger partial charge in [-0.15, -0.1) is 11.3 Å². The molecule has 0 aliphatic rings. The summed E-state index contributed by atoms with van der Waals surface area (Å²) in [5.74, 6) is -0.434. The topological polar surface area (TPSA) is 42.0 Å². The van der Waals surface area contributed by atoms with Crippen molar-refractivity contribution in [3.05, 3.63) is 76.3 Å². The molecule has 0 unspecified atom stereocenters. The molecule has 1 N–H and O–H groups in total. The van der Waals surface area contributed by atoms with Crippen molar-refractivity contribution in [2.45, 2.75) is 25.3 Å². The van der Waals surface area contributed by atoms with Gasteiger partial charge in [0.25, 0.3) is 0 Å². The first kappa shape index (κ1) is 21.8. The van der Waals surface area contributed by atoms with Gasteiger partial charge in [0, 0.05) is 17.5 Å². The molecule has 0 aliphatic carbocycles. The summed E-state index contributed by atoms with van der Waals surface area (Å²) in [6, 6.07) is 9.17. The van der Waals surface area contributed by atoms with Gasteiger partial charge < -0.3 is 5.32 Å². The van der Waals surface area contributed by atoms with Crippen LogP contribution < -0.4 is 5.32 Å². The van der Waals surface area contributed by atoms with Gasteiger partial charge in [0.2, 0.25) is 5.91 Å². The van der Waals surface area contributed by atoms with Crippen LogP contribution in [0, 0.1) is 0 Å². The second-order valence-corrected chi connectivity index (χ2v) is 7.23. The number of nitrogens with zero attached hydrogens (tertiary/aromatic N) is 1. The van der Waals surface area contributed by atoms with Gasteiger partial charge in [0.1, 0.15) is 5.01 Å². The summed E-state index contributed by atoms with van der Waals surface area (Å²) in [6.45, 7) is -0.0708. The van der Waals surface area contributed by atoms with E-state index < -0.39 is 29.4 Å². The van der Waals surface area contributed by atoms with E-state index in [1.54, 1.807) is 5.38 Å². The molecule has 1 amide bonds. The summed E-state index contributed by atoms with van der Waals surface area (Å²) in [6.07, 6.45) is -8.99. The Morgan fingerprint density at radius 1 is 0.933 bits per heavy atom. The van der Waals surface area contributed by atoms with Gasteiger partial charge in [-0.25, -0.2) is 4.98 Å². The number of thiazole rings is 1. The number of hydrogen-bond acceptors (Lipinski definition) is 3. The van der Waals surface area contributed by atoms with Crippen LogP contribution >= 0.6 is 11.3 Å². The number of carbonyl (C=O) groups excluding carboxylic acids is 1. The van der Waals surface area contributed by atoms with Crippen molar-refractivity contribution in [1.82, 2.24) is 10.3 Å². The fraction of sp³-hybridized carbons (Fsp3) is 0.200. The van der Waals surface area contributed by atoms with E-state index in [9.17, 15) is 31.1 Å². The van der Waals surface area contributed by atoms with E-state index in [1.807, 2.05) is 0 Å². The molecule has 10 heteroatoms. The highest BCUT2D eigenvalue weighted by molar-refractivity contribution is 7.13. The number of halogens is 6. The molecule has 0 bridgehead atoms. The third-order valence-corrected chi connectivity index (χ3v) is 5.04. The molecule has 3 rings (SSSR count). The lowest BCUT2D eigenvalue weighted by Gasteiger charge is -2.09. The number of nitrogens with one attached hydrogen (secondary N) is 1. The van der Waals surface area contributed by atoms with Crippen molar-refractivity contribution >= 4 is 17.2 Å². The molecule has 0 aliphatic heterocycles. The zero-order chi connectivity index (χ0) is 21.9. The van der Waals surface area contributed by atoms with E-state index in [0.717, 1.165) is 24.3 Å². The third kappa shape index (κ3) is 5.59. The molecule has 0 fully saturated rings. The lowest BCUT2D eigenvalue weighted by atomic mass is 10.1. The summed E-state index contributed by atoms with van der Waals surface area (Å²) in [4.78, 5) is 16.3. The smallest absolute Gasteiger partial charge is 0.352 e. The molecule has 30 heavy (non-hydrogen) atoms. The van der Waals surface area contributed by atoms with Crippen LogP contribution in [0.4, 0.5) is 26.3 Å². The average Bonchev–Trinajstić information content (AvgIpc) is 3.14. The molecule has 0 saturated carbocycles. The van der Waals surface area contributed by atoms with Crippen LogP contribution in [-0.4, -0.2) is 10.9 Å². The van der Waals surface area contributed by atoms with Crippen LogP contribution in [0.25, 0.3) is 10.6 Å². The minimum Gasteiger partial charge on any atom is -0.352 e. The predicted molar refractivity (Wildman–Crippen MR) is 99.5 cm³/mol. The molecule has 3 nitrogen and oxygen atoms in total. The van der Waals surface area contributed by atoms with Crippen LogP contribution in [0.5, 0.6) is 0 Å². The fourth-order valence-electron chi connectivity index (χ4n) is 2.61. The average molecular weight is 444 g/mol. The van der Waals surface area contributed by atoms with Gasteiger partial charge in [-0.3, -0.25) is 4.79 Å². The molecule has 2 aromatic carbocycles. The highest BCUT2D eigenvalue weighted by atomic mass is 32.1. The first-order valence-electron chi connectivity index (χ1n) is 8.57. The monoisotopic (exact) mass is 444 g/mol. The zero-order valence-electron chi connectivity index (χ0n) is 15.1. The largest absolute Gasteiger partial charge is 0.416 e. The van der Waals surface area contributed by atoms with Crippen LogP contribution in [0.2, 0.25) is 0 Å². The van der Waals surface area contributed by atoms with E-state index in [4.69, 9.17) is 0 Å². The van der Waals surface area contributed by atoms with Crippen molar-refractivity contribution in [2.75, 3.05) is 0 Å². The van der Waals surface area contributed by atoms with Crippen LogP contribution in [0.1, 0.15) is 22.4 Å². The van der Waals surface area contributed by atoms with Crippen molar-refractivity contribution < 1.29 is 31.1 Å². The molecule has 1 heterocycles. The summed E-state index contributed by atoms with van der Waals surface area (Å²) in [5, 5.41) is 4.60. The molecule has 1 aromatic heterocycles. The first-order chi connectivity index (χ1) is 14.0. The Morgan fingerprint density at radius 3 is 2.23 bits per heavy atom. The third-order valence-electron chi connectivity index (χ3n) is 4.10. The highest BCUT2D eigenvalue weighted by Crippen LogP contribution is 2.32. The molecular weight excluding hydrogens is 430 g/mol. The number of aromatic nitrogens is 1. The Balaban J connectivity index is 1.59. The molecule has 0 spiro atoms. The summed E-state index contributed by atoms with van der Waals surface area (Å²) in [5.41, 5.74) is -0.353. The first-order valence-corrected chi connectivity index (χ1v) is 9.45. The van der Waals surface area contributed by atoms with E-state index in [-0.39, 0.29) is 13.0 Å². The number of hydrogen-bond donors (Lipinski definition) is 1. The van der Waals surface area contributed by atoms with Gasteiger partial charge in [-0.2, -0.15) is 26.3 Å². The Morgan fingerprint density at radius 2 is 1.60 bits per heavy atom. The summed E-state index contributed by atoms with van der Waals surface area (Å²) in [7, 11) is 0. The maximum absolute atomic E-state index is 12.7. The van der Waals surface area contributed by atoms with Crippen LogP contribution in [-0.2, 0) is 30.1 Å². The van der Waals surface area contributed by atoms with Crippen molar-refractivity contribution in [3.8, 4) is 10.6 Å². The van der Waals surface area contributed by atoms with Gasteiger partial charge in [0.15, 0.2) is 0 Å². The lowest BCUT2D eigenvalue weighted by molar-refractivity contribution is -0.138. The van der Waals surface area contributed by atoms with Gasteiger partial charge >= 0.3 is 12.4 Å². The SMILES string of the molecule is O=C(Cc1csc(-c2ccc(C(F)(F)F)cc2)n1)NCc1cccc(C(F)(F)F)c1. The Bertz CT molecular complexity index is 1020. The van der Waals surface area contributed by atoms with E-state index >= 15 is 0 Å². The summed E-state index contributed by atoms with van der Waals surface area (Å²) >= 11 is 1.18. The summed E-state index contributed by atoms with van der Waals surface area (Å²) < 4.78 is 76.1. The van der Waals surface area contributed by atoms with Crippen molar-refractivity contribution in [3.63, 3.8) is 0 Å². The molecule has 0 radical (unpaired) electrons. The molecular formula is C20H14F6N2OS. The lowest BCUT2D eigenvalue weighted by Crippen LogP contribution is -2.24. The van der Waals surface area contributed by atoms with Crippen molar-refractivity contribution in [1.29, 1.82) is 0 Å². The normalized spacial score (nSPS) is 12.1. The quantitative estimate of drug-likeness (QED) is 0.513. The molecule has 0 atom stereocenters. The molecule has 158 valence electrons. The van der Waals surface area contributed by atoms with Gasteiger partial charge in [-0.1, -0.05) is 24.3 Å². The molecule has 0 saturated heterocycles. The van der Waals surface area contributed by atoms with Gasteiger partial charge in [0.05, 0.1) is 23.2 Å². The number of rotatable bonds is 5. The standard InChI is InChI=1S/C20H14F6N2OS/c21-19(22,23)14-6-4-13(5-7-14)18-28-16(11-30-18)9-17(29)27-10-12-2-1-3-15(8-12)20(24,25)26/h1-8,11H,9-10H2,(H,27,29). The Labute approximate surface area is 171 Å². The van der Waals surface area contributed by atoms with E-state index in [0.29, 0.717) is 21.8 Å². The number of carbonyl (C=O) groups is 1. The van der Waals surface area contributed by atoms with Crippen molar-refractivity contribution in [2.24, 2.45) is 0 Å². The predicted octanol–water partition coefficient (Wildman–Crippen LogP) is 5.71. The minimum absolute atomic E-state index is 0.0708. The van der Waals surface area contributed by atoms with E-state index in [1.165, 1.54) is 35.6 Å². The zero-order valence-corrected chi connectivity index (χ0v) is 16.0.